The van der Waals surface area contributed by atoms with Crippen LogP contribution < -0.4 is 0 Å². The number of halogens is 1. The SMILES string of the molecule is CC(C)c1ccnc(F)n1. The summed E-state index contributed by atoms with van der Waals surface area (Å²) in [5.41, 5.74) is 0.743. The van der Waals surface area contributed by atoms with Crippen molar-refractivity contribution in [3.8, 4) is 0 Å². The molecule has 0 radical (unpaired) electrons. The number of hydrogen-bond donors (Lipinski definition) is 0. The molecule has 0 aliphatic heterocycles. The van der Waals surface area contributed by atoms with Gasteiger partial charge in [0.05, 0.1) is 0 Å². The lowest BCUT2D eigenvalue weighted by atomic mass is 10.1. The Morgan fingerprint density at radius 1 is 1.50 bits per heavy atom. The summed E-state index contributed by atoms with van der Waals surface area (Å²) < 4.78 is 12.3. The highest BCUT2D eigenvalue weighted by Crippen LogP contribution is 2.08. The summed E-state index contributed by atoms with van der Waals surface area (Å²) in [5.74, 6) is 0.262. The van der Waals surface area contributed by atoms with E-state index in [9.17, 15) is 4.39 Å². The number of nitrogens with zero attached hydrogens (tertiary/aromatic N) is 2. The fourth-order valence-corrected chi connectivity index (χ4v) is 0.669. The van der Waals surface area contributed by atoms with Crippen molar-refractivity contribution in [3.05, 3.63) is 24.0 Å². The van der Waals surface area contributed by atoms with Crippen LogP contribution in [0.25, 0.3) is 0 Å². The maximum Gasteiger partial charge on any atom is 0.308 e. The summed E-state index contributed by atoms with van der Waals surface area (Å²) in [4.78, 5) is 6.94. The quantitative estimate of drug-likeness (QED) is 0.555. The predicted octanol–water partition coefficient (Wildman–Crippen LogP) is 1.74. The minimum absolute atomic E-state index is 0.262. The minimum Gasteiger partial charge on any atom is -0.211 e. The van der Waals surface area contributed by atoms with E-state index in [0.717, 1.165) is 5.69 Å². The van der Waals surface area contributed by atoms with Crippen LogP contribution in [0.1, 0.15) is 25.5 Å². The van der Waals surface area contributed by atoms with Crippen molar-refractivity contribution in [2.75, 3.05) is 0 Å². The van der Waals surface area contributed by atoms with Crippen molar-refractivity contribution >= 4 is 0 Å². The van der Waals surface area contributed by atoms with E-state index >= 15 is 0 Å². The van der Waals surface area contributed by atoms with Crippen LogP contribution in [0.4, 0.5) is 4.39 Å². The molecule has 3 heteroatoms. The summed E-state index contributed by atoms with van der Waals surface area (Å²) in [7, 11) is 0. The van der Waals surface area contributed by atoms with Crippen molar-refractivity contribution in [2.24, 2.45) is 0 Å². The third-order valence-electron chi connectivity index (χ3n) is 1.24. The fraction of sp³-hybridized carbons (Fsp3) is 0.429. The highest BCUT2D eigenvalue weighted by atomic mass is 19.1. The normalized spacial score (nSPS) is 10.4. The molecule has 0 atom stereocenters. The first-order valence-electron chi connectivity index (χ1n) is 3.18. The molecule has 10 heavy (non-hydrogen) atoms. The van der Waals surface area contributed by atoms with Crippen LogP contribution in [-0.2, 0) is 0 Å². The van der Waals surface area contributed by atoms with Crippen molar-refractivity contribution in [2.45, 2.75) is 19.8 Å². The summed E-state index contributed by atoms with van der Waals surface area (Å²) in [6.45, 7) is 3.92. The van der Waals surface area contributed by atoms with Gasteiger partial charge in [-0.1, -0.05) is 13.8 Å². The van der Waals surface area contributed by atoms with Gasteiger partial charge in [0.2, 0.25) is 0 Å². The van der Waals surface area contributed by atoms with Gasteiger partial charge in [-0.2, -0.15) is 4.39 Å². The summed E-state index contributed by atoms with van der Waals surface area (Å²) >= 11 is 0. The highest BCUT2D eigenvalue weighted by Gasteiger charge is 2.00. The molecule has 1 heterocycles. The molecule has 2 nitrogen and oxygen atoms in total. The van der Waals surface area contributed by atoms with Crippen molar-refractivity contribution in [3.63, 3.8) is 0 Å². The Kier molecular flexibility index (Phi) is 1.94. The molecule has 0 saturated carbocycles. The van der Waals surface area contributed by atoms with Crippen LogP contribution in [0.5, 0.6) is 0 Å². The van der Waals surface area contributed by atoms with Gasteiger partial charge in [-0.05, 0) is 12.0 Å². The van der Waals surface area contributed by atoms with E-state index in [1.54, 1.807) is 6.07 Å². The molecule has 0 amide bonds. The molecular weight excluding hydrogens is 131 g/mol. The summed E-state index contributed by atoms with van der Waals surface area (Å²) in [5, 5.41) is 0. The molecular formula is C7H9FN2. The summed E-state index contributed by atoms with van der Waals surface area (Å²) in [6, 6.07) is 1.72. The van der Waals surface area contributed by atoms with E-state index < -0.39 is 6.08 Å². The molecule has 1 rings (SSSR count). The Morgan fingerprint density at radius 3 is 2.60 bits per heavy atom. The standard InChI is InChI=1S/C7H9FN2/c1-5(2)6-3-4-9-7(8)10-6/h3-5H,1-2H3. The second-order valence-electron chi connectivity index (χ2n) is 2.41. The van der Waals surface area contributed by atoms with E-state index in [1.165, 1.54) is 6.20 Å². The lowest BCUT2D eigenvalue weighted by molar-refractivity contribution is 0.527. The van der Waals surface area contributed by atoms with Gasteiger partial charge >= 0.3 is 6.08 Å². The van der Waals surface area contributed by atoms with Crippen LogP contribution in [0.3, 0.4) is 0 Å². The van der Waals surface area contributed by atoms with Gasteiger partial charge in [0.1, 0.15) is 0 Å². The van der Waals surface area contributed by atoms with E-state index in [-0.39, 0.29) is 5.92 Å². The van der Waals surface area contributed by atoms with Crippen LogP contribution in [0.15, 0.2) is 12.3 Å². The van der Waals surface area contributed by atoms with Gasteiger partial charge < -0.3 is 0 Å². The minimum atomic E-state index is -0.647. The maximum absolute atomic E-state index is 12.3. The molecule has 0 N–H and O–H groups in total. The number of rotatable bonds is 1. The van der Waals surface area contributed by atoms with Gasteiger partial charge in [-0.15, -0.1) is 0 Å². The van der Waals surface area contributed by atoms with Crippen LogP contribution in [0.2, 0.25) is 0 Å². The van der Waals surface area contributed by atoms with E-state index in [2.05, 4.69) is 9.97 Å². The molecule has 0 spiro atoms. The monoisotopic (exact) mass is 140 g/mol. The lowest BCUT2D eigenvalue weighted by Crippen LogP contribution is -1.96. The Morgan fingerprint density at radius 2 is 2.20 bits per heavy atom. The zero-order valence-corrected chi connectivity index (χ0v) is 6.00. The van der Waals surface area contributed by atoms with Crippen LogP contribution >= 0.6 is 0 Å². The molecule has 54 valence electrons. The lowest BCUT2D eigenvalue weighted by Gasteiger charge is -2.00. The summed E-state index contributed by atoms with van der Waals surface area (Å²) in [6.07, 6.45) is 0.781. The molecule has 1 aromatic rings. The average Bonchev–Trinajstić information content (AvgIpc) is 1.88. The molecule has 0 fully saturated rings. The third kappa shape index (κ3) is 1.50. The maximum atomic E-state index is 12.3. The van der Waals surface area contributed by atoms with Crippen LogP contribution in [-0.4, -0.2) is 9.97 Å². The molecule has 0 aliphatic rings. The van der Waals surface area contributed by atoms with Gasteiger partial charge in [-0.25, -0.2) is 9.97 Å². The Balaban J connectivity index is 2.96. The molecule has 0 saturated heterocycles. The third-order valence-corrected chi connectivity index (χ3v) is 1.24. The van der Waals surface area contributed by atoms with E-state index in [4.69, 9.17) is 0 Å². The Hall–Kier alpha value is -0.990. The molecule has 0 aromatic carbocycles. The Bertz CT molecular complexity index is 223. The average molecular weight is 140 g/mol. The fourth-order valence-electron chi connectivity index (χ4n) is 0.669. The second-order valence-corrected chi connectivity index (χ2v) is 2.41. The van der Waals surface area contributed by atoms with Gasteiger partial charge in [0.15, 0.2) is 0 Å². The molecule has 0 bridgehead atoms. The van der Waals surface area contributed by atoms with E-state index in [1.807, 2.05) is 13.8 Å². The van der Waals surface area contributed by atoms with Crippen molar-refractivity contribution < 1.29 is 4.39 Å². The Labute approximate surface area is 59.1 Å². The zero-order valence-electron chi connectivity index (χ0n) is 6.00. The first-order chi connectivity index (χ1) is 4.70. The predicted molar refractivity (Wildman–Crippen MR) is 36.1 cm³/mol. The molecule has 0 aliphatic carbocycles. The highest BCUT2D eigenvalue weighted by molar-refractivity contribution is 5.02. The van der Waals surface area contributed by atoms with Crippen molar-refractivity contribution in [1.29, 1.82) is 0 Å². The first kappa shape index (κ1) is 7.12. The van der Waals surface area contributed by atoms with Crippen LogP contribution in [0, 0.1) is 6.08 Å². The zero-order chi connectivity index (χ0) is 7.56. The largest absolute Gasteiger partial charge is 0.308 e. The number of hydrogen-bond acceptors (Lipinski definition) is 2. The van der Waals surface area contributed by atoms with Gasteiger partial charge in [0, 0.05) is 11.9 Å². The van der Waals surface area contributed by atoms with E-state index in [0.29, 0.717) is 0 Å². The molecule has 1 aromatic heterocycles. The molecule has 0 unspecified atom stereocenters. The van der Waals surface area contributed by atoms with Gasteiger partial charge in [-0.3, -0.25) is 0 Å². The smallest absolute Gasteiger partial charge is 0.211 e. The van der Waals surface area contributed by atoms with Gasteiger partial charge in [0.25, 0.3) is 0 Å². The second kappa shape index (κ2) is 2.73. The van der Waals surface area contributed by atoms with Crippen molar-refractivity contribution in [1.82, 2.24) is 9.97 Å². The number of aromatic nitrogens is 2. The topological polar surface area (TPSA) is 25.8 Å². The first-order valence-corrected chi connectivity index (χ1v) is 3.18.